The van der Waals surface area contributed by atoms with Gasteiger partial charge in [-0.15, -0.1) is 0 Å². The molecular formula is C19H24N2O2S. The topological polar surface area (TPSA) is 49.4 Å². The zero-order chi connectivity index (χ0) is 16.8. The molecule has 1 aliphatic heterocycles. The molecule has 128 valence electrons. The van der Waals surface area contributed by atoms with Gasteiger partial charge in [0.25, 0.3) is 10.2 Å². The molecule has 0 radical (unpaired) electrons. The Balaban J connectivity index is 1.59. The summed E-state index contributed by atoms with van der Waals surface area (Å²) in [5.41, 5.74) is 2.24. The molecule has 1 aliphatic rings. The van der Waals surface area contributed by atoms with Gasteiger partial charge >= 0.3 is 0 Å². The van der Waals surface area contributed by atoms with E-state index in [0.717, 1.165) is 31.2 Å². The molecule has 0 aromatic heterocycles. The van der Waals surface area contributed by atoms with Gasteiger partial charge in [0, 0.05) is 19.1 Å². The smallest absolute Gasteiger partial charge is 0.198 e. The molecule has 3 rings (SSSR count). The maximum Gasteiger partial charge on any atom is 0.280 e. The highest BCUT2D eigenvalue weighted by Crippen LogP contribution is 2.24. The summed E-state index contributed by atoms with van der Waals surface area (Å²) in [7, 11) is -3.43. The first-order valence-corrected chi connectivity index (χ1v) is 9.93. The monoisotopic (exact) mass is 344 g/mol. The second-order valence-corrected chi connectivity index (χ2v) is 7.95. The first-order chi connectivity index (χ1) is 11.6. The molecule has 0 aliphatic carbocycles. The number of aryl methyl sites for hydroxylation is 1. The van der Waals surface area contributed by atoms with Gasteiger partial charge in [-0.1, -0.05) is 60.7 Å². The molecule has 0 saturated carbocycles. The van der Waals surface area contributed by atoms with Crippen molar-refractivity contribution in [3.8, 4) is 0 Å². The van der Waals surface area contributed by atoms with Crippen LogP contribution in [0.3, 0.4) is 0 Å². The van der Waals surface area contributed by atoms with Crippen molar-refractivity contribution < 1.29 is 8.42 Å². The van der Waals surface area contributed by atoms with E-state index in [1.54, 1.807) is 4.31 Å². The fraction of sp³-hybridized carbons (Fsp3) is 0.368. The SMILES string of the molecule is O=S(=O)(NCc1ccccc1)N1CCC[C@H]1CCc1ccccc1. The van der Waals surface area contributed by atoms with Crippen LogP contribution in [0, 0.1) is 0 Å². The van der Waals surface area contributed by atoms with Gasteiger partial charge in [0.05, 0.1) is 0 Å². The largest absolute Gasteiger partial charge is 0.280 e. The van der Waals surface area contributed by atoms with Crippen molar-refractivity contribution >= 4 is 10.2 Å². The molecular weight excluding hydrogens is 320 g/mol. The summed E-state index contributed by atoms with van der Waals surface area (Å²) in [6.45, 7) is 0.953. The van der Waals surface area contributed by atoms with E-state index in [4.69, 9.17) is 0 Å². The maximum atomic E-state index is 12.6. The molecule has 2 aromatic carbocycles. The quantitative estimate of drug-likeness (QED) is 0.839. The molecule has 1 N–H and O–H groups in total. The van der Waals surface area contributed by atoms with E-state index in [2.05, 4.69) is 16.9 Å². The normalized spacial score (nSPS) is 18.8. The summed E-state index contributed by atoms with van der Waals surface area (Å²) < 4.78 is 29.7. The summed E-state index contributed by atoms with van der Waals surface area (Å²) in [5.74, 6) is 0. The van der Waals surface area contributed by atoms with E-state index in [9.17, 15) is 8.42 Å². The third kappa shape index (κ3) is 4.44. The zero-order valence-electron chi connectivity index (χ0n) is 13.8. The van der Waals surface area contributed by atoms with Gasteiger partial charge in [-0.3, -0.25) is 0 Å². The van der Waals surface area contributed by atoms with Crippen LogP contribution in [0.2, 0.25) is 0 Å². The van der Waals surface area contributed by atoms with Crippen molar-refractivity contribution in [1.82, 2.24) is 9.03 Å². The molecule has 5 heteroatoms. The van der Waals surface area contributed by atoms with E-state index in [1.807, 2.05) is 48.5 Å². The molecule has 4 nitrogen and oxygen atoms in total. The van der Waals surface area contributed by atoms with Crippen molar-refractivity contribution in [2.45, 2.75) is 38.3 Å². The van der Waals surface area contributed by atoms with Gasteiger partial charge in [-0.2, -0.15) is 17.4 Å². The minimum absolute atomic E-state index is 0.0958. The molecule has 24 heavy (non-hydrogen) atoms. The van der Waals surface area contributed by atoms with E-state index in [0.29, 0.717) is 13.1 Å². The predicted molar refractivity (Wildman–Crippen MR) is 96.7 cm³/mol. The molecule has 0 amide bonds. The van der Waals surface area contributed by atoms with Crippen LogP contribution in [-0.4, -0.2) is 25.3 Å². The Morgan fingerprint density at radius 1 is 0.958 bits per heavy atom. The molecule has 1 saturated heterocycles. The van der Waals surface area contributed by atoms with E-state index in [-0.39, 0.29) is 6.04 Å². The number of benzene rings is 2. The average Bonchev–Trinajstić information content (AvgIpc) is 3.10. The van der Waals surface area contributed by atoms with Crippen LogP contribution < -0.4 is 4.72 Å². The van der Waals surface area contributed by atoms with Crippen molar-refractivity contribution in [1.29, 1.82) is 0 Å². The van der Waals surface area contributed by atoms with Gasteiger partial charge in [-0.05, 0) is 36.8 Å². The van der Waals surface area contributed by atoms with Crippen molar-refractivity contribution in [3.63, 3.8) is 0 Å². The minimum Gasteiger partial charge on any atom is -0.198 e. The summed E-state index contributed by atoms with van der Waals surface area (Å²) in [6.07, 6.45) is 3.66. The summed E-state index contributed by atoms with van der Waals surface area (Å²) in [6, 6.07) is 20.0. The zero-order valence-corrected chi connectivity index (χ0v) is 14.6. The molecule has 1 heterocycles. The van der Waals surface area contributed by atoms with E-state index >= 15 is 0 Å². The Labute approximate surface area is 144 Å². The first kappa shape index (κ1) is 17.1. The van der Waals surface area contributed by atoms with E-state index in [1.165, 1.54) is 5.56 Å². The Morgan fingerprint density at radius 3 is 2.25 bits per heavy atom. The van der Waals surface area contributed by atoms with Gasteiger partial charge in [0.2, 0.25) is 0 Å². The summed E-state index contributed by atoms with van der Waals surface area (Å²) in [4.78, 5) is 0. The Kier molecular flexibility index (Phi) is 5.66. The number of nitrogens with one attached hydrogen (secondary N) is 1. The van der Waals surface area contributed by atoms with Crippen LogP contribution in [-0.2, 0) is 23.2 Å². The van der Waals surface area contributed by atoms with Gasteiger partial charge in [0.1, 0.15) is 0 Å². The molecule has 1 fully saturated rings. The van der Waals surface area contributed by atoms with Crippen LogP contribution in [0.15, 0.2) is 60.7 Å². The number of rotatable bonds is 7. The second-order valence-electron chi connectivity index (χ2n) is 6.24. The van der Waals surface area contributed by atoms with Crippen molar-refractivity contribution in [2.75, 3.05) is 6.54 Å². The Bertz CT molecular complexity index is 732. The lowest BCUT2D eigenvalue weighted by atomic mass is 10.0. The third-order valence-electron chi connectivity index (χ3n) is 4.54. The first-order valence-electron chi connectivity index (χ1n) is 8.49. The van der Waals surface area contributed by atoms with Crippen LogP contribution in [0.1, 0.15) is 30.4 Å². The summed E-state index contributed by atoms with van der Waals surface area (Å²) in [5, 5.41) is 0. The molecule has 2 aromatic rings. The Morgan fingerprint density at radius 2 is 1.58 bits per heavy atom. The predicted octanol–water partition coefficient (Wildman–Crippen LogP) is 3.12. The molecule has 0 spiro atoms. The van der Waals surface area contributed by atoms with Crippen molar-refractivity contribution in [3.05, 3.63) is 71.8 Å². The van der Waals surface area contributed by atoms with Gasteiger partial charge in [0.15, 0.2) is 0 Å². The minimum atomic E-state index is -3.43. The van der Waals surface area contributed by atoms with Crippen LogP contribution in [0.4, 0.5) is 0 Å². The fourth-order valence-electron chi connectivity index (χ4n) is 3.25. The van der Waals surface area contributed by atoms with E-state index < -0.39 is 10.2 Å². The second kappa shape index (κ2) is 7.92. The lowest BCUT2D eigenvalue weighted by Crippen LogP contribution is -2.43. The van der Waals surface area contributed by atoms with Crippen LogP contribution in [0.5, 0.6) is 0 Å². The van der Waals surface area contributed by atoms with Gasteiger partial charge < -0.3 is 0 Å². The summed E-state index contributed by atoms with van der Waals surface area (Å²) >= 11 is 0. The molecule has 1 atom stereocenters. The number of nitrogens with zero attached hydrogens (tertiary/aromatic N) is 1. The molecule has 0 unspecified atom stereocenters. The highest BCUT2D eigenvalue weighted by molar-refractivity contribution is 7.87. The highest BCUT2D eigenvalue weighted by atomic mass is 32.2. The highest BCUT2D eigenvalue weighted by Gasteiger charge is 2.33. The van der Waals surface area contributed by atoms with Crippen LogP contribution >= 0.6 is 0 Å². The fourth-order valence-corrected chi connectivity index (χ4v) is 4.73. The van der Waals surface area contributed by atoms with Crippen molar-refractivity contribution in [2.24, 2.45) is 0 Å². The lowest BCUT2D eigenvalue weighted by molar-refractivity contribution is 0.364. The standard InChI is InChI=1S/C19H24N2O2S/c22-24(23,20-16-18-10-5-2-6-11-18)21-15-7-12-19(21)14-13-17-8-3-1-4-9-17/h1-6,8-11,19-20H,7,12-16H2/t19-/m0/s1. The van der Waals surface area contributed by atoms with Gasteiger partial charge in [-0.25, -0.2) is 0 Å². The average molecular weight is 344 g/mol. The molecule has 0 bridgehead atoms. The lowest BCUT2D eigenvalue weighted by Gasteiger charge is -2.24. The maximum absolute atomic E-state index is 12.6. The third-order valence-corrected chi connectivity index (χ3v) is 6.15. The Hall–Kier alpha value is -1.69. The number of hydrogen-bond acceptors (Lipinski definition) is 2. The number of hydrogen-bond donors (Lipinski definition) is 1. The van der Waals surface area contributed by atoms with Crippen LogP contribution in [0.25, 0.3) is 0 Å².